The quantitative estimate of drug-likeness (QED) is 0.758. The number of aliphatic hydroxyl groups excluding tert-OH is 1. The summed E-state index contributed by atoms with van der Waals surface area (Å²) in [5.41, 5.74) is 0. The van der Waals surface area contributed by atoms with E-state index in [-0.39, 0.29) is 12.5 Å². The number of nitrogens with zero attached hydrogens (tertiary/aromatic N) is 1. The SMILES string of the molecule is COC(=O)C1CCCC1S(=O)(=O)N1CCCC(CO)C1. The Morgan fingerprint density at radius 1 is 1.30 bits per heavy atom. The molecule has 1 heterocycles. The molecule has 0 aromatic carbocycles. The van der Waals surface area contributed by atoms with Gasteiger partial charge in [0.05, 0.1) is 18.3 Å². The Hall–Kier alpha value is -0.660. The van der Waals surface area contributed by atoms with Gasteiger partial charge in [0.15, 0.2) is 0 Å². The highest BCUT2D eigenvalue weighted by atomic mass is 32.2. The topological polar surface area (TPSA) is 83.9 Å². The lowest BCUT2D eigenvalue weighted by atomic mass is 10.0. The smallest absolute Gasteiger partial charge is 0.310 e. The maximum absolute atomic E-state index is 12.7. The molecule has 1 saturated heterocycles. The molecule has 0 aromatic rings. The molecule has 2 fully saturated rings. The molecule has 116 valence electrons. The lowest BCUT2D eigenvalue weighted by molar-refractivity contribution is -0.145. The molecule has 0 radical (unpaired) electrons. The van der Waals surface area contributed by atoms with Gasteiger partial charge < -0.3 is 9.84 Å². The molecule has 1 aliphatic carbocycles. The zero-order valence-electron chi connectivity index (χ0n) is 11.8. The minimum absolute atomic E-state index is 0.0107. The third-order valence-electron chi connectivity index (χ3n) is 4.44. The first-order chi connectivity index (χ1) is 9.50. The molecular formula is C13H23NO5S. The van der Waals surface area contributed by atoms with E-state index < -0.39 is 27.2 Å². The molecule has 2 aliphatic rings. The third-order valence-corrected chi connectivity index (χ3v) is 6.82. The second-order valence-electron chi connectivity index (χ2n) is 5.69. The standard InChI is InChI=1S/C13H23NO5S/c1-19-13(16)11-5-2-6-12(11)20(17,18)14-7-3-4-10(8-14)9-15/h10-12,15H,2-9H2,1H3. The average molecular weight is 305 g/mol. The van der Waals surface area contributed by atoms with Crippen LogP contribution >= 0.6 is 0 Å². The number of carbonyl (C=O) groups excluding carboxylic acids is 1. The molecule has 7 heteroatoms. The van der Waals surface area contributed by atoms with Gasteiger partial charge in [0.25, 0.3) is 0 Å². The van der Waals surface area contributed by atoms with Crippen LogP contribution in [-0.4, -0.2) is 55.9 Å². The van der Waals surface area contributed by atoms with E-state index in [1.165, 1.54) is 11.4 Å². The number of aliphatic hydroxyl groups is 1. The molecule has 0 aromatic heterocycles. The highest BCUT2D eigenvalue weighted by Crippen LogP contribution is 2.35. The van der Waals surface area contributed by atoms with Gasteiger partial charge in [-0.05, 0) is 31.6 Å². The van der Waals surface area contributed by atoms with Gasteiger partial charge in [-0.1, -0.05) is 6.42 Å². The van der Waals surface area contributed by atoms with Crippen LogP contribution in [-0.2, 0) is 19.6 Å². The van der Waals surface area contributed by atoms with E-state index in [1.807, 2.05) is 0 Å². The van der Waals surface area contributed by atoms with Crippen molar-refractivity contribution >= 4 is 16.0 Å². The number of rotatable bonds is 4. The predicted octanol–water partition coefficient (Wildman–Crippen LogP) is 0.362. The van der Waals surface area contributed by atoms with E-state index >= 15 is 0 Å². The second-order valence-corrected chi connectivity index (χ2v) is 7.84. The van der Waals surface area contributed by atoms with Crippen LogP contribution in [0.5, 0.6) is 0 Å². The first-order valence-corrected chi connectivity index (χ1v) is 8.68. The van der Waals surface area contributed by atoms with Crippen molar-refractivity contribution in [2.45, 2.75) is 37.4 Å². The summed E-state index contributed by atoms with van der Waals surface area (Å²) < 4.78 is 31.6. The Bertz CT molecular complexity index is 450. The predicted molar refractivity (Wildman–Crippen MR) is 73.4 cm³/mol. The minimum Gasteiger partial charge on any atom is -0.469 e. The lowest BCUT2D eigenvalue weighted by Gasteiger charge is -2.33. The van der Waals surface area contributed by atoms with Crippen molar-refractivity contribution in [3.05, 3.63) is 0 Å². The van der Waals surface area contributed by atoms with E-state index in [0.29, 0.717) is 25.9 Å². The van der Waals surface area contributed by atoms with Crippen molar-refractivity contribution in [1.29, 1.82) is 0 Å². The maximum atomic E-state index is 12.7. The van der Waals surface area contributed by atoms with E-state index in [9.17, 15) is 18.3 Å². The summed E-state index contributed by atoms with van der Waals surface area (Å²) >= 11 is 0. The highest BCUT2D eigenvalue weighted by Gasteiger charge is 2.45. The Morgan fingerprint density at radius 3 is 2.70 bits per heavy atom. The van der Waals surface area contributed by atoms with Gasteiger partial charge in [-0.3, -0.25) is 4.79 Å². The third kappa shape index (κ3) is 2.99. The van der Waals surface area contributed by atoms with E-state index in [0.717, 1.165) is 19.3 Å². The van der Waals surface area contributed by atoms with Gasteiger partial charge in [0.2, 0.25) is 10.0 Å². The van der Waals surface area contributed by atoms with Gasteiger partial charge >= 0.3 is 5.97 Å². The van der Waals surface area contributed by atoms with Crippen LogP contribution < -0.4 is 0 Å². The van der Waals surface area contributed by atoms with E-state index in [2.05, 4.69) is 0 Å². The number of carbonyl (C=O) groups is 1. The Kier molecular flexibility index (Phi) is 5.04. The van der Waals surface area contributed by atoms with Crippen molar-refractivity contribution in [1.82, 2.24) is 4.31 Å². The fraction of sp³-hybridized carbons (Fsp3) is 0.923. The Labute approximate surface area is 120 Å². The fourth-order valence-corrected chi connectivity index (χ4v) is 5.61. The molecule has 1 N–H and O–H groups in total. The number of esters is 1. The van der Waals surface area contributed by atoms with Crippen LogP contribution in [0.15, 0.2) is 0 Å². The second kappa shape index (κ2) is 6.41. The van der Waals surface area contributed by atoms with E-state index in [1.54, 1.807) is 0 Å². The Balaban J connectivity index is 2.14. The van der Waals surface area contributed by atoms with Crippen molar-refractivity contribution in [3.8, 4) is 0 Å². The summed E-state index contributed by atoms with van der Waals surface area (Å²) in [6.07, 6.45) is 3.45. The monoisotopic (exact) mass is 305 g/mol. The summed E-state index contributed by atoms with van der Waals surface area (Å²) in [7, 11) is -2.19. The average Bonchev–Trinajstić information content (AvgIpc) is 2.96. The van der Waals surface area contributed by atoms with Crippen LogP contribution in [0.1, 0.15) is 32.1 Å². The van der Waals surface area contributed by atoms with Crippen molar-refractivity contribution in [2.24, 2.45) is 11.8 Å². The summed E-state index contributed by atoms with van der Waals surface area (Å²) in [5.74, 6) is -0.956. The number of ether oxygens (including phenoxy) is 1. The van der Waals surface area contributed by atoms with Crippen LogP contribution in [0.2, 0.25) is 0 Å². The summed E-state index contributed by atoms with van der Waals surface area (Å²) in [5, 5.41) is 8.56. The largest absolute Gasteiger partial charge is 0.469 e. The zero-order valence-corrected chi connectivity index (χ0v) is 12.6. The summed E-state index contributed by atoms with van der Waals surface area (Å²) in [6.45, 7) is 0.865. The van der Waals surface area contributed by atoms with Crippen LogP contribution in [0, 0.1) is 11.8 Å². The Morgan fingerprint density at radius 2 is 2.05 bits per heavy atom. The van der Waals surface area contributed by atoms with Crippen LogP contribution in [0.25, 0.3) is 0 Å². The highest BCUT2D eigenvalue weighted by molar-refractivity contribution is 7.89. The molecule has 0 spiro atoms. The molecule has 6 nitrogen and oxygen atoms in total. The number of piperidine rings is 1. The number of methoxy groups -OCH3 is 1. The van der Waals surface area contributed by atoms with Crippen molar-refractivity contribution in [2.75, 3.05) is 26.8 Å². The molecule has 0 bridgehead atoms. The first-order valence-electron chi connectivity index (χ1n) is 7.18. The number of sulfonamides is 1. The minimum atomic E-state index is -3.49. The van der Waals surface area contributed by atoms with Gasteiger partial charge in [-0.15, -0.1) is 0 Å². The molecule has 0 amide bonds. The lowest BCUT2D eigenvalue weighted by Crippen LogP contribution is -2.47. The van der Waals surface area contributed by atoms with Crippen LogP contribution in [0.4, 0.5) is 0 Å². The summed E-state index contributed by atoms with van der Waals surface area (Å²) in [4.78, 5) is 11.7. The first kappa shape index (κ1) is 15.7. The normalized spacial score (nSPS) is 32.2. The molecule has 1 saturated carbocycles. The molecule has 20 heavy (non-hydrogen) atoms. The van der Waals surface area contributed by atoms with Crippen LogP contribution in [0.3, 0.4) is 0 Å². The molecule has 1 aliphatic heterocycles. The fourth-order valence-electron chi connectivity index (χ4n) is 3.30. The van der Waals surface area contributed by atoms with Gasteiger partial charge in [0, 0.05) is 19.7 Å². The summed E-state index contributed by atoms with van der Waals surface area (Å²) in [6, 6.07) is 0. The molecular weight excluding hydrogens is 282 g/mol. The van der Waals surface area contributed by atoms with E-state index in [4.69, 9.17) is 4.74 Å². The molecule has 3 atom stereocenters. The number of hydrogen-bond donors (Lipinski definition) is 1. The molecule has 2 rings (SSSR count). The molecule has 3 unspecified atom stereocenters. The number of hydrogen-bond acceptors (Lipinski definition) is 5. The van der Waals surface area contributed by atoms with Gasteiger partial charge in [-0.2, -0.15) is 0 Å². The maximum Gasteiger partial charge on any atom is 0.310 e. The zero-order chi connectivity index (χ0) is 14.8. The van der Waals surface area contributed by atoms with Crippen molar-refractivity contribution in [3.63, 3.8) is 0 Å². The van der Waals surface area contributed by atoms with Crippen molar-refractivity contribution < 1.29 is 23.1 Å². The van der Waals surface area contributed by atoms with Gasteiger partial charge in [0.1, 0.15) is 0 Å². The van der Waals surface area contributed by atoms with Gasteiger partial charge in [-0.25, -0.2) is 12.7 Å².